The number of aliphatic hydroxyl groups is 1. The van der Waals surface area contributed by atoms with E-state index >= 15 is 0 Å². The molecule has 0 spiro atoms. The Bertz CT molecular complexity index is 500. The molecule has 0 amide bonds. The van der Waals surface area contributed by atoms with Gasteiger partial charge in [-0.2, -0.15) is 4.31 Å². The van der Waals surface area contributed by atoms with E-state index in [2.05, 4.69) is 0 Å². The number of anilines is 1. The Labute approximate surface area is 108 Å². The van der Waals surface area contributed by atoms with Crippen LogP contribution in [0.25, 0.3) is 0 Å². The van der Waals surface area contributed by atoms with Crippen molar-refractivity contribution in [2.45, 2.75) is 25.2 Å². The molecule has 0 aliphatic heterocycles. The van der Waals surface area contributed by atoms with Crippen molar-refractivity contribution >= 4 is 15.7 Å². The van der Waals surface area contributed by atoms with E-state index in [1.807, 2.05) is 6.92 Å². The normalized spacial score (nSPS) is 12.0. The van der Waals surface area contributed by atoms with Crippen LogP contribution in [0.1, 0.15) is 18.9 Å². The first-order valence-electron chi connectivity index (χ1n) is 5.90. The molecule has 0 aromatic heterocycles. The molecule has 0 atom stereocenters. The zero-order valence-corrected chi connectivity index (χ0v) is 11.6. The van der Waals surface area contributed by atoms with Crippen LogP contribution in [0.5, 0.6) is 0 Å². The van der Waals surface area contributed by atoms with Gasteiger partial charge in [0.2, 0.25) is 10.0 Å². The first-order valence-corrected chi connectivity index (χ1v) is 7.34. The maximum Gasteiger partial charge on any atom is 0.245 e. The molecule has 0 fully saturated rings. The van der Waals surface area contributed by atoms with Crippen LogP contribution >= 0.6 is 0 Å². The molecule has 102 valence electrons. The minimum atomic E-state index is -3.57. The van der Waals surface area contributed by atoms with Gasteiger partial charge in [0.05, 0.1) is 5.69 Å². The van der Waals surface area contributed by atoms with E-state index in [4.69, 9.17) is 10.8 Å². The van der Waals surface area contributed by atoms with E-state index in [-0.39, 0.29) is 17.2 Å². The lowest BCUT2D eigenvalue weighted by Crippen LogP contribution is -2.32. The van der Waals surface area contributed by atoms with Gasteiger partial charge < -0.3 is 10.8 Å². The third-order valence-corrected chi connectivity index (χ3v) is 4.75. The van der Waals surface area contributed by atoms with E-state index in [1.54, 1.807) is 19.1 Å². The van der Waals surface area contributed by atoms with Crippen molar-refractivity contribution in [1.29, 1.82) is 0 Å². The van der Waals surface area contributed by atoms with Crippen LogP contribution in [0.2, 0.25) is 0 Å². The predicted molar refractivity (Wildman–Crippen MR) is 71.7 cm³/mol. The van der Waals surface area contributed by atoms with Crippen LogP contribution in [-0.4, -0.2) is 37.5 Å². The zero-order valence-electron chi connectivity index (χ0n) is 10.8. The molecule has 3 N–H and O–H groups in total. The maximum absolute atomic E-state index is 12.4. The Morgan fingerprint density at radius 3 is 2.56 bits per heavy atom. The highest BCUT2D eigenvalue weighted by atomic mass is 32.2. The lowest BCUT2D eigenvalue weighted by molar-refractivity contribution is 0.271. The predicted octanol–water partition coefficient (Wildman–Crippen LogP) is 0.970. The van der Waals surface area contributed by atoms with Crippen LogP contribution < -0.4 is 5.73 Å². The molecule has 0 saturated carbocycles. The molecule has 0 saturated heterocycles. The number of hydrogen-bond donors (Lipinski definition) is 2. The molecule has 0 bridgehead atoms. The van der Waals surface area contributed by atoms with Gasteiger partial charge in [0, 0.05) is 19.7 Å². The minimum Gasteiger partial charge on any atom is -0.398 e. The van der Waals surface area contributed by atoms with Crippen LogP contribution in [0, 0.1) is 6.92 Å². The summed E-state index contributed by atoms with van der Waals surface area (Å²) < 4.78 is 26.1. The second-order valence-electron chi connectivity index (χ2n) is 4.12. The fourth-order valence-electron chi connectivity index (χ4n) is 1.74. The standard InChI is InChI=1S/C12H20N2O3S/c1-3-14(7-4-8-15)18(16,17)12-6-5-10(2)9-11(12)13/h5-6,9,15H,3-4,7-8,13H2,1-2H3. The van der Waals surface area contributed by atoms with E-state index in [1.165, 1.54) is 10.4 Å². The Morgan fingerprint density at radius 1 is 1.39 bits per heavy atom. The summed E-state index contributed by atoms with van der Waals surface area (Å²) in [5, 5.41) is 8.79. The molecule has 0 heterocycles. The van der Waals surface area contributed by atoms with E-state index < -0.39 is 10.0 Å². The number of nitrogen functional groups attached to an aromatic ring is 1. The van der Waals surface area contributed by atoms with Crippen molar-refractivity contribution in [3.8, 4) is 0 Å². The summed E-state index contributed by atoms with van der Waals surface area (Å²) in [5.41, 5.74) is 6.96. The molecular formula is C12H20N2O3S. The number of aryl methyl sites for hydroxylation is 1. The van der Waals surface area contributed by atoms with Gasteiger partial charge in [0.1, 0.15) is 4.90 Å². The minimum absolute atomic E-state index is 0.0323. The summed E-state index contributed by atoms with van der Waals surface area (Å²) in [5.74, 6) is 0. The van der Waals surface area contributed by atoms with Crippen LogP contribution in [0.3, 0.4) is 0 Å². The number of aliphatic hydroxyl groups excluding tert-OH is 1. The average Bonchev–Trinajstić information content (AvgIpc) is 2.29. The van der Waals surface area contributed by atoms with E-state index in [0.29, 0.717) is 19.5 Å². The first kappa shape index (κ1) is 14.9. The molecule has 0 aliphatic carbocycles. The van der Waals surface area contributed by atoms with Crippen LogP contribution in [-0.2, 0) is 10.0 Å². The summed E-state index contributed by atoms with van der Waals surface area (Å²) in [6.07, 6.45) is 0.416. The highest BCUT2D eigenvalue weighted by Gasteiger charge is 2.24. The summed E-state index contributed by atoms with van der Waals surface area (Å²) in [6, 6.07) is 4.90. The van der Waals surface area contributed by atoms with Crippen molar-refractivity contribution in [2.24, 2.45) is 0 Å². The number of sulfonamides is 1. The molecule has 0 aliphatic rings. The smallest absolute Gasteiger partial charge is 0.245 e. The van der Waals surface area contributed by atoms with Gasteiger partial charge in [-0.05, 0) is 31.0 Å². The highest BCUT2D eigenvalue weighted by Crippen LogP contribution is 2.23. The summed E-state index contributed by atoms with van der Waals surface area (Å²) in [6.45, 7) is 4.24. The van der Waals surface area contributed by atoms with Gasteiger partial charge in [-0.3, -0.25) is 0 Å². The third kappa shape index (κ3) is 3.22. The first-order chi connectivity index (χ1) is 8.43. The molecular weight excluding hydrogens is 252 g/mol. The van der Waals surface area contributed by atoms with Gasteiger partial charge in [-0.15, -0.1) is 0 Å². The number of nitrogens with two attached hydrogens (primary N) is 1. The van der Waals surface area contributed by atoms with Crippen molar-refractivity contribution in [3.05, 3.63) is 23.8 Å². The summed E-state index contributed by atoms with van der Waals surface area (Å²) in [4.78, 5) is 0.132. The number of benzene rings is 1. The zero-order chi connectivity index (χ0) is 13.8. The average molecular weight is 272 g/mol. The second kappa shape index (κ2) is 6.17. The quantitative estimate of drug-likeness (QED) is 0.756. The monoisotopic (exact) mass is 272 g/mol. The fraction of sp³-hybridized carbons (Fsp3) is 0.500. The Balaban J connectivity index is 3.10. The van der Waals surface area contributed by atoms with Crippen LogP contribution in [0.15, 0.2) is 23.1 Å². The highest BCUT2D eigenvalue weighted by molar-refractivity contribution is 7.89. The maximum atomic E-state index is 12.4. The molecule has 5 nitrogen and oxygen atoms in total. The van der Waals surface area contributed by atoms with Gasteiger partial charge in [0.15, 0.2) is 0 Å². The van der Waals surface area contributed by atoms with Crippen molar-refractivity contribution in [1.82, 2.24) is 4.31 Å². The van der Waals surface area contributed by atoms with E-state index in [0.717, 1.165) is 5.56 Å². The molecule has 6 heteroatoms. The topological polar surface area (TPSA) is 83.6 Å². The van der Waals surface area contributed by atoms with Crippen molar-refractivity contribution < 1.29 is 13.5 Å². The molecule has 0 unspecified atom stereocenters. The summed E-state index contributed by atoms with van der Waals surface area (Å²) >= 11 is 0. The summed E-state index contributed by atoms with van der Waals surface area (Å²) in [7, 11) is -3.57. The lowest BCUT2D eigenvalue weighted by Gasteiger charge is -2.21. The molecule has 18 heavy (non-hydrogen) atoms. The van der Waals surface area contributed by atoms with E-state index in [9.17, 15) is 8.42 Å². The number of nitrogens with zero attached hydrogens (tertiary/aromatic N) is 1. The Hall–Kier alpha value is -1.11. The molecule has 1 aromatic carbocycles. The fourth-order valence-corrected chi connectivity index (χ4v) is 3.32. The van der Waals surface area contributed by atoms with Crippen molar-refractivity contribution in [3.63, 3.8) is 0 Å². The second-order valence-corrected chi connectivity index (χ2v) is 6.02. The van der Waals surface area contributed by atoms with Gasteiger partial charge in [-0.1, -0.05) is 13.0 Å². The van der Waals surface area contributed by atoms with Gasteiger partial charge >= 0.3 is 0 Å². The lowest BCUT2D eigenvalue weighted by atomic mass is 10.2. The number of hydrogen-bond acceptors (Lipinski definition) is 4. The molecule has 0 radical (unpaired) electrons. The Morgan fingerprint density at radius 2 is 2.06 bits per heavy atom. The largest absolute Gasteiger partial charge is 0.398 e. The van der Waals surface area contributed by atoms with Crippen molar-refractivity contribution in [2.75, 3.05) is 25.4 Å². The Kier molecular flexibility index (Phi) is 5.13. The SMILES string of the molecule is CCN(CCCO)S(=O)(=O)c1ccc(C)cc1N. The molecule has 1 aromatic rings. The van der Waals surface area contributed by atoms with Gasteiger partial charge in [0.25, 0.3) is 0 Å². The van der Waals surface area contributed by atoms with Gasteiger partial charge in [-0.25, -0.2) is 8.42 Å². The number of rotatable bonds is 6. The van der Waals surface area contributed by atoms with Crippen LogP contribution in [0.4, 0.5) is 5.69 Å². The third-order valence-electron chi connectivity index (χ3n) is 2.70. The molecule has 1 rings (SSSR count).